The van der Waals surface area contributed by atoms with Gasteiger partial charge in [-0.15, -0.1) is 23.5 Å². The van der Waals surface area contributed by atoms with Crippen molar-refractivity contribution in [2.75, 3.05) is 11.5 Å². The minimum atomic E-state index is -0.717. The van der Waals surface area contributed by atoms with E-state index in [1.165, 1.54) is 9.79 Å². The SMILES string of the molecule is CC(CSc1ccccc1)CC(=O)O.CCC(CSc1ccccc1)CC(=O)O. The van der Waals surface area contributed by atoms with E-state index in [-0.39, 0.29) is 24.7 Å². The Morgan fingerprint density at radius 3 is 1.66 bits per heavy atom. The van der Waals surface area contributed by atoms with Crippen LogP contribution in [-0.2, 0) is 9.59 Å². The topological polar surface area (TPSA) is 74.6 Å². The van der Waals surface area contributed by atoms with Gasteiger partial charge in [-0.3, -0.25) is 9.59 Å². The number of hydrogen-bond acceptors (Lipinski definition) is 4. The molecule has 2 aromatic carbocycles. The van der Waals surface area contributed by atoms with Crippen molar-refractivity contribution in [1.29, 1.82) is 0 Å². The summed E-state index contributed by atoms with van der Waals surface area (Å²) in [7, 11) is 0. The third kappa shape index (κ3) is 13.0. The number of benzene rings is 2. The number of carbonyl (C=O) groups is 2. The Morgan fingerprint density at radius 2 is 1.24 bits per heavy atom. The standard InChI is InChI=1S/C12H16O2S.C11H14O2S/c1-2-10(8-12(13)14)9-15-11-6-4-3-5-7-11;1-9(7-11(12)13)8-14-10-5-3-2-4-6-10/h3-7,10H,2,8-9H2,1H3,(H,13,14);2-6,9H,7-8H2,1H3,(H,12,13). The van der Waals surface area contributed by atoms with Gasteiger partial charge in [-0.05, 0) is 36.1 Å². The molecule has 2 rings (SSSR count). The minimum absolute atomic E-state index is 0.220. The van der Waals surface area contributed by atoms with Crippen LogP contribution < -0.4 is 0 Å². The zero-order valence-corrected chi connectivity index (χ0v) is 18.6. The predicted octanol–water partition coefficient (Wildman–Crippen LogP) is 6.17. The highest BCUT2D eigenvalue weighted by molar-refractivity contribution is 7.99. The Balaban J connectivity index is 0.000000291. The second-order valence-electron chi connectivity index (χ2n) is 6.82. The van der Waals surface area contributed by atoms with Gasteiger partial charge in [0, 0.05) is 34.1 Å². The summed E-state index contributed by atoms with van der Waals surface area (Å²) in [5.41, 5.74) is 0. The number of rotatable bonds is 11. The fraction of sp³-hybridized carbons (Fsp3) is 0.391. The summed E-state index contributed by atoms with van der Waals surface area (Å²) in [6.45, 7) is 4.00. The molecule has 0 aliphatic rings. The van der Waals surface area contributed by atoms with Gasteiger partial charge in [0.1, 0.15) is 0 Å². The molecule has 0 heterocycles. The molecular weight excluding hydrogens is 404 g/mol. The monoisotopic (exact) mass is 434 g/mol. The first kappa shape index (κ1) is 25.1. The molecule has 0 aliphatic carbocycles. The highest BCUT2D eigenvalue weighted by Gasteiger charge is 2.11. The fourth-order valence-electron chi connectivity index (χ4n) is 2.41. The minimum Gasteiger partial charge on any atom is -0.481 e. The third-order valence-electron chi connectivity index (χ3n) is 4.07. The molecule has 2 unspecified atom stereocenters. The maximum atomic E-state index is 10.6. The molecule has 6 heteroatoms. The molecule has 4 nitrogen and oxygen atoms in total. The molecule has 2 N–H and O–H groups in total. The lowest BCUT2D eigenvalue weighted by Crippen LogP contribution is -2.09. The van der Waals surface area contributed by atoms with E-state index in [4.69, 9.17) is 10.2 Å². The summed E-state index contributed by atoms with van der Waals surface area (Å²) in [4.78, 5) is 23.4. The van der Waals surface area contributed by atoms with Crippen LogP contribution in [0.3, 0.4) is 0 Å². The van der Waals surface area contributed by atoms with E-state index in [2.05, 4.69) is 12.1 Å². The highest BCUT2D eigenvalue weighted by atomic mass is 32.2. The molecule has 0 aromatic heterocycles. The van der Waals surface area contributed by atoms with Gasteiger partial charge in [0.25, 0.3) is 0 Å². The second kappa shape index (κ2) is 15.0. The van der Waals surface area contributed by atoms with E-state index in [1.54, 1.807) is 23.5 Å². The first-order valence-corrected chi connectivity index (χ1v) is 11.7. The molecule has 0 spiro atoms. The highest BCUT2D eigenvalue weighted by Crippen LogP contribution is 2.23. The van der Waals surface area contributed by atoms with Crippen LogP contribution in [0.4, 0.5) is 0 Å². The van der Waals surface area contributed by atoms with Gasteiger partial charge in [-0.2, -0.15) is 0 Å². The maximum Gasteiger partial charge on any atom is 0.303 e. The lowest BCUT2D eigenvalue weighted by atomic mass is 10.1. The Labute approximate surface area is 182 Å². The Kier molecular flexibility index (Phi) is 13.0. The van der Waals surface area contributed by atoms with Gasteiger partial charge in [0.2, 0.25) is 0 Å². The molecular formula is C23H30O4S2. The molecule has 158 valence electrons. The van der Waals surface area contributed by atoms with E-state index in [1.807, 2.05) is 62.4 Å². The van der Waals surface area contributed by atoms with Gasteiger partial charge < -0.3 is 10.2 Å². The number of carboxylic acids is 2. The number of thioether (sulfide) groups is 2. The van der Waals surface area contributed by atoms with E-state index in [9.17, 15) is 9.59 Å². The Bertz CT molecular complexity index is 707. The molecule has 2 aromatic rings. The van der Waals surface area contributed by atoms with Crippen molar-refractivity contribution in [3.8, 4) is 0 Å². The van der Waals surface area contributed by atoms with Gasteiger partial charge >= 0.3 is 11.9 Å². The Morgan fingerprint density at radius 1 is 0.793 bits per heavy atom. The van der Waals surface area contributed by atoms with E-state index in [0.717, 1.165) is 17.9 Å². The molecule has 2 atom stereocenters. The second-order valence-corrected chi connectivity index (χ2v) is 9.01. The molecule has 0 amide bonds. The lowest BCUT2D eigenvalue weighted by Gasteiger charge is -2.11. The summed E-state index contributed by atoms with van der Waals surface area (Å²) in [5.74, 6) is 0.815. The molecule has 0 fully saturated rings. The molecule has 0 bridgehead atoms. The van der Waals surface area contributed by atoms with Crippen molar-refractivity contribution in [1.82, 2.24) is 0 Å². The van der Waals surface area contributed by atoms with Crippen LogP contribution in [0.2, 0.25) is 0 Å². The molecule has 0 saturated heterocycles. The average molecular weight is 435 g/mol. The number of carboxylic acid groups (broad SMARTS) is 2. The van der Waals surface area contributed by atoms with Gasteiger partial charge in [0.05, 0.1) is 0 Å². The quantitative estimate of drug-likeness (QED) is 0.412. The zero-order chi connectivity index (χ0) is 21.5. The van der Waals surface area contributed by atoms with Gasteiger partial charge in [0.15, 0.2) is 0 Å². The van der Waals surface area contributed by atoms with E-state index in [0.29, 0.717) is 0 Å². The lowest BCUT2D eigenvalue weighted by molar-refractivity contribution is -0.138. The maximum absolute atomic E-state index is 10.6. The third-order valence-corrected chi connectivity index (χ3v) is 6.66. The van der Waals surface area contributed by atoms with Crippen molar-refractivity contribution < 1.29 is 19.8 Å². The number of aliphatic carboxylic acids is 2. The van der Waals surface area contributed by atoms with Crippen LogP contribution in [0.1, 0.15) is 33.1 Å². The van der Waals surface area contributed by atoms with E-state index < -0.39 is 11.9 Å². The van der Waals surface area contributed by atoms with Crippen molar-refractivity contribution in [3.63, 3.8) is 0 Å². The molecule has 0 radical (unpaired) electrons. The molecule has 0 aliphatic heterocycles. The van der Waals surface area contributed by atoms with E-state index >= 15 is 0 Å². The van der Waals surface area contributed by atoms with Crippen molar-refractivity contribution >= 4 is 35.5 Å². The summed E-state index contributed by atoms with van der Waals surface area (Å²) in [6.07, 6.45) is 1.45. The molecule has 29 heavy (non-hydrogen) atoms. The van der Waals surface area contributed by atoms with Crippen LogP contribution in [0.25, 0.3) is 0 Å². The predicted molar refractivity (Wildman–Crippen MR) is 122 cm³/mol. The smallest absolute Gasteiger partial charge is 0.303 e. The summed E-state index contributed by atoms with van der Waals surface area (Å²) in [6, 6.07) is 20.1. The fourth-order valence-corrected chi connectivity index (χ4v) is 4.49. The van der Waals surface area contributed by atoms with Crippen molar-refractivity contribution in [3.05, 3.63) is 60.7 Å². The van der Waals surface area contributed by atoms with Gasteiger partial charge in [-0.25, -0.2) is 0 Å². The van der Waals surface area contributed by atoms with Crippen LogP contribution in [0.15, 0.2) is 70.5 Å². The van der Waals surface area contributed by atoms with Crippen LogP contribution >= 0.6 is 23.5 Å². The molecule has 0 saturated carbocycles. The number of hydrogen-bond donors (Lipinski definition) is 2. The zero-order valence-electron chi connectivity index (χ0n) is 17.0. The first-order valence-electron chi connectivity index (χ1n) is 9.70. The summed E-state index contributed by atoms with van der Waals surface area (Å²) in [5, 5.41) is 17.3. The van der Waals surface area contributed by atoms with Crippen molar-refractivity contribution in [2.24, 2.45) is 11.8 Å². The first-order chi connectivity index (χ1) is 13.9. The van der Waals surface area contributed by atoms with Crippen LogP contribution in [-0.4, -0.2) is 33.7 Å². The summed E-state index contributed by atoms with van der Waals surface area (Å²) < 4.78 is 0. The largest absolute Gasteiger partial charge is 0.481 e. The average Bonchev–Trinajstić information content (AvgIpc) is 2.71. The normalized spacial score (nSPS) is 12.3. The summed E-state index contributed by atoms with van der Waals surface area (Å²) >= 11 is 3.44. The van der Waals surface area contributed by atoms with Crippen LogP contribution in [0.5, 0.6) is 0 Å². The Hall–Kier alpha value is -1.92. The van der Waals surface area contributed by atoms with Crippen LogP contribution in [0, 0.1) is 11.8 Å². The van der Waals surface area contributed by atoms with Gasteiger partial charge in [-0.1, -0.05) is 56.7 Å². The van der Waals surface area contributed by atoms with Crippen molar-refractivity contribution in [2.45, 2.75) is 42.9 Å².